The summed E-state index contributed by atoms with van der Waals surface area (Å²) in [6.45, 7) is 5.91. The molecule has 0 spiro atoms. The Kier molecular flexibility index (Phi) is 4.17. The molecule has 5 heteroatoms. The quantitative estimate of drug-likeness (QED) is 0.844. The Bertz CT molecular complexity index is 783. The van der Waals surface area contributed by atoms with Gasteiger partial charge in [0.05, 0.1) is 5.56 Å². The fourth-order valence-electron chi connectivity index (χ4n) is 3.84. The van der Waals surface area contributed by atoms with Crippen LogP contribution < -0.4 is 9.80 Å². The van der Waals surface area contributed by atoms with Crippen LogP contribution in [0.1, 0.15) is 22.8 Å². The molecule has 130 valence electrons. The Labute approximate surface area is 148 Å². The average molecular weight is 336 g/mol. The van der Waals surface area contributed by atoms with Gasteiger partial charge in [0.2, 0.25) is 0 Å². The minimum absolute atomic E-state index is 0.0551. The van der Waals surface area contributed by atoms with E-state index in [0.717, 1.165) is 44.1 Å². The van der Waals surface area contributed by atoms with Gasteiger partial charge in [0, 0.05) is 44.1 Å². The van der Waals surface area contributed by atoms with Crippen LogP contribution >= 0.6 is 0 Å². The van der Waals surface area contributed by atoms with Crippen LogP contribution in [-0.4, -0.2) is 55.1 Å². The van der Waals surface area contributed by atoms with Gasteiger partial charge in [-0.05, 0) is 44.2 Å². The zero-order chi connectivity index (χ0) is 17.4. The second-order valence-electron chi connectivity index (χ2n) is 7.02. The lowest BCUT2D eigenvalue weighted by Gasteiger charge is -2.34. The molecule has 2 aliphatic heterocycles. The molecule has 5 nitrogen and oxygen atoms in total. The third-order valence-electron chi connectivity index (χ3n) is 5.25. The number of carbonyl (C=O) groups excluding carboxylic acids is 1. The molecule has 0 bridgehead atoms. The predicted octanol–water partition coefficient (Wildman–Crippen LogP) is 2.42. The largest absolute Gasteiger partial charge is 0.353 e. The first-order valence-corrected chi connectivity index (χ1v) is 8.95. The SMILES string of the molecule is CC1Cc2ccccc2N1C(=O)c1cccnc1N1CCN(C)CC1. The van der Waals surface area contributed by atoms with Crippen molar-refractivity contribution in [2.45, 2.75) is 19.4 Å². The number of anilines is 2. The Morgan fingerprint density at radius 3 is 2.64 bits per heavy atom. The Morgan fingerprint density at radius 2 is 1.84 bits per heavy atom. The number of nitrogens with zero attached hydrogens (tertiary/aromatic N) is 4. The van der Waals surface area contributed by atoms with E-state index < -0.39 is 0 Å². The molecule has 4 rings (SSSR count). The van der Waals surface area contributed by atoms with Crippen LogP contribution in [0.2, 0.25) is 0 Å². The van der Waals surface area contributed by atoms with Gasteiger partial charge in [-0.1, -0.05) is 18.2 Å². The maximum Gasteiger partial charge on any atom is 0.262 e. The molecular weight excluding hydrogens is 312 g/mol. The maximum absolute atomic E-state index is 13.4. The molecule has 1 amide bonds. The van der Waals surface area contributed by atoms with Crippen LogP contribution in [0.3, 0.4) is 0 Å². The molecule has 3 heterocycles. The van der Waals surface area contributed by atoms with E-state index in [2.05, 4.69) is 34.8 Å². The van der Waals surface area contributed by atoms with E-state index in [1.807, 2.05) is 35.2 Å². The molecule has 0 aliphatic carbocycles. The summed E-state index contributed by atoms with van der Waals surface area (Å²) in [6, 6.07) is 12.1. The van der Waals surface area contributed by atoms with E-state index in [1.165, 1.54) is 5.56 Å². The van der Waals surface area contributed by atoms with Crippen molar-refractivity contribution < 1.29 is 4.79 Å². The number of aromatic nitrogens is 1. The van der Waals surface area contributed by atoms with Crippen LogP contribution in [0.4, 0.5) is 11.5 Å². The second kappa shape index (κ2) is 6.48. The lowest BCUT2D eigenvalue weighted by Crippen LogP contribution is -2.46. The molecule has 25 heavy (non-hydrogen) atoms. The Morgan fingerprint density at radius 1 is 1.08 bits per heavy atom. The highest BCUT2D eigenvalue weighted by Crippen LogP contribution is 2.34. The molecule has 1 aromatic carbocycles. The summed E-state index contributed by atoms with van der Waals surface area (Å²) in [4.78, 5) is 24.4. The first-order valence-electron chi connectivity index (χ1n) is 8.95. The lowest BCUT2D eigenvalue weighted by atomic mass is 10.1. The number of carbonyl (C=O) groups is 1. The fraction of sp³-hybridized carbons (Fsp3) is 0.400. The highest BCUT2D eigenvalue weighted by molar-refractivity contribution is 6.10. The number of pyridine rings is 1. The van der Waals surface area contributed by atoms with Gasteiger partial charge in [-0.25, -0.2) is 4.98 Å². The molecule has 1 saturated heterocycles. The first-order chi connectivity index (χ1) is 12.1. The van der Waals surface area contributed by atoms with Gasteiger partial charge in [-0.15, -0.1) is 0 Å². The smallest absolute Gasteiger partial charge is 0.262 e. The second-order valence-corrected chi connectivity index (χ2v) is 7.02. The van der Waals surface area contributed by atoms with Crippen LogP contribution in [-0.2, 0) is 6.42 Å². The molecule has 1 unspecified atom stereocenters. The fourth-order valence-corrected chi connectivity index (χ4v) is 3.84. The van der Waals surface area contributed by atoms with E-state index in [9.17, 15) is 4.79 Å². The molecule has 1 aromatic heterocycles. The number of likely N-dealkylation sites (N-methyl/N-ethyl adjacent to an activating group) is 1. The van der Waals surface area contributed by atoms with Crippen molar-refractivity contribution in [3.05, 3.63) is 53.7 Å². The third kappa shape index (κ3) is 2.89. The summed E-state index contributed by atoms with van der Waals surface area (Å²) < 4.78 is 0. The standard InChI is InChI=1S/C20H24N4O/c1-15-14-16-6-3-4-8-18(16)24(15)20(25)17-7-5-9-21-19(17)23-12-10-22(2)11-13-23/h3-9,15H,10-14H2,1-2H3. The Balaban J connectivity index is 1.67. The van der Waals surface area contributed by atoms with E-state index in [-0.39, 0.29) is 11.9 Å². The summed E-state index contributed by atoms with van der Waals surface area (Å²) in [7, 11) is 2.13. The highest BCUT2D eigenvalue weighted by Gasteiger charge is 2.33. The number of para-hydroxylation sites is 1. The van der Waals surface area contributed by atoms with Gasteiger partial charge in [-0.3, -0.25) is 4.79 Å². The molecule has 0 N–H and O–H groups in total. The molecule has 0 radical (unpaired) electrons. The van der Waals surface area contributed by atoms with E-state index in [4.69, 9.17) is 0 Å². The van der Waals surface area contributed by atoms with Crippen molar-refractivity contribution in [2.24, 2.45) is 0 Å². The first kappa shape index (κ1) is 16.1. The number of rotatable bonds is 2. The summed E-state index contributed by atoms with van der Waals surface area (Å²) in [6.07, 6.45) is 2.69. The summed E-state index contributed by atoms with van der Waals surface area (Å²) in [5.41, 5.74) is 2.98. The van der Waals surface area contributed by atoms with Crippen LogP contribution in [0.5, 0.6) is 0 Å². The van der Waals surface area contributed by atoms with Crippen molar-refractivity contribution in [3.63, 3.8) is 0 Å². The monoisotopic (exact) mass is 336 g/mol. The number of hydrogen-bond acceptors (Lipinski definition) is 4. The summed E-state index contributed by atoms with van der Waals surface area (Å²) >= 11 is 0. The number of benzene rings is 1. The minimum atomic E-state index is 0.0551. The third-order valence-corrected chi connectivity index (χ3v) is 5.25. The minimum Gasteiger partial charge on any atom is -0.353 e. The zero-order valence-corrected chi connectivity index (χ0v) is 14.9. The van der Waals surface area contributed by atoms with Crippen LogP contribution in [0.25, 0.3) is 0 Å². The molecular formula is C20H24N4O. The van der Waals surface area contributed by atoms with Gasteiger partial charge in [0.15, 0.2) is 0 Å². The topological polar surface area (TPSA) is 39.7 Å². The maximum atomic E-state index is 13.4. The van der Waals surface area contributed by atoms with Gasteiger partial charge in [0.25, 0.3) is 5.91 Å². The number of piperazine rings is 1. The molecule has 2 aromatic rings. The average Bonchev–Trinajstić information content (AvgIpc) is 2.97. The molecule has 1 fully saturated rings. The van der Waals surface area contributed by atoms with E-state index in [0.29, 0.717) is 5.56 Å². The number of fused-ring (bicyclic) bond motifs is 1. The van der Waals surface area contributed by atoms with E-state index >= 15 is 0 Å². The lowest BCUT2D eigenvalue weighted by molar-refractivity contribution is 0.0981. The highest BCUT2D eigenvalue weighted by atomic mass is 16.2. The predicted molar refractivity (Wildman–Crippen MR) is 100 cm³/mol. The molecule has 1 atom stereocenters. The zero-order valence-electron chi connectivity index (χ0n) is 14.9. The van der Waals surface area contributed by atoms with Gasteiger partial charge >= 0.3 is 0 Å². The van der Waals surface area contributed by atoms with Crippen molar-refractivity contribution in [1.29, 1.82) is 0 Å². The summed E-state index contributed by atoms with van der Waals surface area (Å²) in [5.74, 6) is 0.872. The molecule has 0 saturated carbocycles. The van der Waals surface area contributed by atoms with Crippen LogP contribution in [0.15, 0.2) is 42.6 Å². The van der Waals surface area contributed by atoms with Crippen molar-refractivity contribution in [2.75, 3.05) is 43.0 Å². The number of hydrogen-bond donors (Lipinski definition) is 0. The van der Waals surface area contributed by atoms with Crippen molar-refractivity contribution >= 4 is 17.4 Å². The van der Waals surface area contributed by atoms with Gasteiger partial charge in [-0.2, -0.15) is 0 Å². The summed E-state index contributed by atoms with van der Waals surface area (Å²) in [5, 5.41) is 0. The normalized spacial score (nSPS) is 20.6. The van der Waals surface area contributed by atoms with Gasteiger partial charge in [0.1, 0.15) is 5.82 Å². The van der Waals surface area contributed by atoms with Crippen LogP contribution in [0, 0.1) is 0 Å². The van der Waals surface area contributed by atoms with E-state index in [1.54, 1.807) is 6.20 Å². The van der Waals surface area contributed by atoms with Gasteiger partial charge < -0.3 is 14.7 Å². The van der Waals surface area contributed by atoms with Crippen molar-refractivity contribution in [1.82, 2.24) is 9.88 Å². The Hall–Kier alpha value is -2.40. The molecule has 2 aliphatic rings. The number of amides is 1. The van der Waals surface area contributed by atoms with Crippen molar-refractivity contribution in [3.8, 4) is 0 Å².